The summed E-state index contributed by atoms with van der Waals surface area (Å²) >= 11 is 5.66. The minimum Gasteiger partial charge on any atom is -0.359 e. The summed E-state index contributed by atoms with van der Waals surface area (Å²) in [6.07, 6.45) is 0.0818. The molecule has 2 rings (SSSR count). The molecule has 114 valence electrons. The molecular formula is C14H17ClFN3O2. The van der Waals surface area contributed by atoms with Crippen molar-refractivity contribution in [3.63, 3.8) is 0 Å². The lowest BCUT2D eigenvalue weighted by atomic mass is 10.1. The molecule has 1 aromatic rings. The largest absolute Gasteiger partial charge is 0.359 e. The van der Waals surface area contributed by atoms with Gasteiger partial charge in [-0.05, 0) is 17.7 Å². The van der Waals surface area contributed by atoms with Gasteiger partial charge in [-0.15, -0.1) is 0 Å². The van der Waals surface area contributed by atoms with Gasteiger partial charge in [0, 0.05) is 26.7 Å². The predicted octanol–water partition coefficient (Wildman–Crippen LogP) is 0.916. The second kappa shape index (κ2) is 6.87. The molecule has 1 aliphatic rings. The van der Waals surface area contributed by atoms with E-state index in [1.165, 1.54) is 19.2 Å². The van der Waals surface area contributed by atoms with Crippen LogP contribution in [0.3, 0.4) is 0 Å². The van der Waals surface area contributed by atoms with Gasteiger partial charge >= 0.3 is 0 Å². The molecule has 1 atom stereocenters. The van der Waals surface area contributed by atoms with Gasteiger partial charge in [0.15, 0.2) is 0 Å². The van der Waals surface area contributed by atoms with E-state index < -0.39 is 11.9 Å². The lowest BCUT2D eigenvalue weighted by molar-refractivity contribution is -0.134. The van der Waals surface area contributed by atoms with Crippen molar-refractivity contribution < 1.29 is 14.0 Å². The van der Waals surface area contributed by atoms with Crippen LogP contribution < -0.4 is 10.6 Å². The third-order valence-electron chi connectivity index (χ3n) is 3.47. The van der Waals surface area contributed by atoms with Crippen LogP contribution in [-0.2, 0) is 16.1 Å². The molecule has 0 radical (unpaired) electrons. The Morgan fingerprint density at radius 1 is 1.57 bits per heavy atom. The molecule has 2 amide bonds. The summed E-state index contributed by atoms with van der Waals surface area (Å²) in [7, 11) is 1.53. The maximum absolute atomic E-state index is 13.5. The molecule has 5 nitrogen and oxygen atoms in total. The molecule has 0 aromatic heterocycles. The van der Waals surface area contributed by atoms with Gasteiger partial charge in [-0.25, -0.2) is 4.39 Å². The summed E-state index contributed by atoms with van der Waals surface area (Å²) in [5, 5.41) is 5.32. The maximum Gasteiger partial charge on any atom is 0.237 e. The molecule has 1 saturated heterocycles. The average Bonchev–Trinajstić information content (AvgIpc) is 2.46. The normalized spacial score (nSPS) is 19.2. The first-order valence-corrected chi connectivity index (χ1v) is 7.05. The van der Waals surface area contributed by atoms with Crippen LogP contribution in [0.25, 0.3) is 0 Å². The van der Waals surface area contributed by atoms with Crippen LogP contribution in [-0.4, -0.2) is 42.9 Å². The lowest BCUT2D eigenvalue weighted by Crippen LogP contribution is -2.55. The second-order valence-electron chi connectivity index (χ2n) is 4.90. The molecule has 7 heteroatoms. The molecule has 1 aliphatic heterocycles. The van der Waals surface area contributed by atoms with E-state index in [0.29, 0.717) is 25.2 Å². The summed E-state index contributed by atoms with van der Waals surface area (Å²) < 4.78 is 13.5. The number of rotatable bonds is 4. The minimum absolute atomic E-state index is 0.0667. The standard InChI is InChI=1S/C14H17ClFN3O2/c1-17-13(20)7-12-14(21)18-4-5-19(12)8-9-2-3-10(15)11(16)6-9/h2-3,6,12H,4-5,7-8H2,1H3,(H,17,20)(H,18,21). The first kappa shape index (κ1) is 15.7. The van der Waals surface area contributed by atoms with Crippen molar-refractivity contribution in [1.29, 1.82) is 0 Å². The van der Waals surface area contributed by atoms with Crippen LogP contribution in [0.1, 0.15) is 12.0 Å². The van der Waals surface area contributed by atoms with Gasteiger partial charge in [0.1, 0.15) is 5.82 Å². The van der Waals surface area contributed by atoms with E-state index in [2.05, 4.69) is 10.6 Å². The Balaban J connectivity index is 2.12. The zero-order valence-electron chi connectivity index (χ0n) is 11.7. The van der Waals surface area contributed by atoms with E-state index in [9.17, 15) is 14.0 Å². The Labute approximate surface area is 127 Å². The number of hydrogen-bond acceptors (Lipinski definition) is 3. The summed E-state index contributed by atoms with van der Waals surface area (Å²) in [5.74, 6) is -0.873. The number of nitrogens with zero attached hydrogens (tertiary/aromatic N) is 1. The number of piperazine rings is 1. The molecule has 1 aromatic carbocycles. The van der Waals surface area contributed by atoms with Crippen molar-refractivity contribution in [3.8, 4) is 0 Å². The quantitative estimate of drug-likeness (QED) is 0.869. The van der Waals surface area contributed by atoms with Crippen LogP contribution in [0.2, 0.25) is 5.02 Å². The van der Waals surface area contributed by atoms with Crippen molar-refractivity contribution in [2.45, 2.75) is 19.0 Å². The first-order valence-electron chi connectivity index (χ1n) is 6.67. The highest BCUT2D eigenvalue weighted by atomic mass is 35.5. The first-order chi connectivity index (χ1) is 10.0. The molecule has 21 heavy (non-hydrogen) atoms. The van der Waals surface area contributed by atoms with Crippen molar-refractivity contribution in [2.24, 2.45) is 0 Å². The third-order valence-corrected chi connectivity index (χ3v) is 3.78. The monoisotopic (exact) mass is 313 g/mol. The van der Waals surface area contributed by atoms with Gasteiger partial charge in [0.25, 0.3) is 0 Å². The highest BCUT2D eigenvalue weighted by Gasteiger charge is 2.31. The minimum atomic E-state index is -0.544. The van der Waals surface area contributed by atoms with Gasteiger partial charge < -0.3 is 10.6 Å². The SMILES string of the molecule is CNC(=O)CC1C(=O)NCCN1Cc1ccc(Cl)c(F)c1. The van der Waals surface area contributed by atoms with Crippen LogP contribution in [0.4, 0.5) is 4.39 Å². The second-order valence-corrected chi connectivity index (χ2v) is 5.31. The molecule has 0 aliphatic carbocycles. The number of benzene rings is 1. The number of carbonyl (C=O) groups excluding carboxylic acids is 2. The number of carbonyl (C=O) groups is 2. The van der Waals surface area contributed by atoms with Crippen LogP contribution in [0.5, 0.6) is 0 Å². The Kier molecular flexibility index (Phi) is 5.14. The van der Waals surface area contributed by atoms with Crippen LogP contribution >= 0.6 is 11.6 Å². The number of hydrogen-bond donors (Lipinski definition) is 2. The molecule has 0 bridgehead atoms. The van der Waals surface area contributed by atoms with E-state index in [1.807, 2.05) is 4.90 Å². The average molecular weight is 314 g/mol. The third kappa shape index (κ3) is 3.92. The Hall–Kier alpha value is -1.66. The summed E-state index contributed by atoms with van der Waals surface area (Å²) in [5.41, 5.74) is 0.716. The maximum atomic E-state index is 13.5. The molecule has 1 unspecified atom stereocenters. The fraction of sp³-hybridized carbons (Fsp3) is 0.429. The van der Waals surface area contributed by atoms with Gasteiger partial charge in [-0.1, -0.05) is 17.7 Å². The smallest absolute Gasteiger partial charge is 0.237 e. The van der Waals surface area contributed by atoms with Gasteiger partial charge in [-0.3, -0.25) is 14.5 Å². The van der Waals surface area contributed by atoms with E-state index in [1.54, 1.807) is 6.07 Å². The topological polar surface area (TPSA) is 61.4 Å². The molecule has 0 saturated carbocycles. The van der Waals surface area contributed by atoms with Crippen molar-refractivity contribution in [3.05, 3.63) is 34.6 Å². The predicted molar refractivity (Wildman–Crippen MR) is 77.3 cm³/mol. The van der Waals surface area contributed by atoms with Crippen molar-refractivity contribution >= 4 is 23.4 Å². The van der Waals surface area contributed by atoms with E-state index in [0.717, 1.165) is 0 Å². The number of amides is 2. The molecule has 1 heterocycles. The summed E-state index contributed by atoms with van der Waals surface area (Å²) in [6, 6.07) is 4.02. The van der Waals surface area contributed by atoms with Gasteiger partial charge in [-0.2, -0.15) is 0 Å². The van der Waals surface area contributed by atoms with Crippen molar-refractivity contribution in [2.75, 3.05) is 20.1 Å². The van der Waals surface area contributed by atoms with Gasteiger partial charge in [0.05, 0.1) is 17.5 Å². The Bertz CT molecular complexity index is 553. The van der Waals surface area contributed by atoms with Crippen molar-refractivity contribution in [1.82, 2.24) is 15.5 Å². The fourth-order valence-electron chi connectivity index (χ4n) is 2.32. The zero-order valence-corrected chi connectivity index (χ0v) is 12.4. The lowest BCUT2D eigenvalue weighted by Gasteiger charge is -2.34. The van der Waals surface area contributed by atoms with Gasteiger partial charge in [0.2, 0.25) is 11.8 Å². The Morgan fingerprint density at radius 2 is 2.33 bits per heavy atom. The fourth-order valence-corrected chi connectivity index (χ4v) is 2.44. The highest BCUT2D eigenvalue weighted by molar-refractivity contribution is 6.30. The molecule has 2 N–H and O–H groups in total. The molecule has 1 fully saturated rings. The number of halogens is 2. The van der Waals surface area contributed by atoms with E-state index in [4.69, 9.17) is 11.6 Å². The van der Waals surface area contributed by atoms with E-state index in [-0.39, 0.29) is 23.3 Å². The Morgan fingerprint density at radius 3 is 3.00 bits per heavy atom. The van der Waals surface area contributed by atoms with Crippen LogP contribution in [0, 0.1) is 5.82 Å². The highest BCUT2D eigenvalue weighted by Crippen LogP contribution is 2.19. The number of nitrogens with one attached hydrogen (secondary N) is 2. The van der Waals surface area contributed by atoms with Crippen LogP contribution in [0.15, 0.2) is 18.2 Å². The zero-order chi connectivity index (χ0) is 15.4. The van der Waals surface area contributed by atoms with E-state index >= 15 is 0 Å². The molecule has 0 spiro atoms. The summed E-state index contributed by atoms with van der Waals surface area (Å²) in [4.78, 5) is 25.3. The molecular weight excluding hydrogens is 297 g/mol. The summed E-state index contributed by atoms with van der Waals surface area (Å²) in [6.45, 7) is 1.51.